The minimum Gasteiger partial charge on any atom is -0.391 e. The molecule has 5 nitrogen and oxygen atoms in total. The number of nitrogens with zero attached hydrogens (tertiary/aromatic N) is 3. The van der Waals surface area contributed by atoms with E-state index in [1.807, 2.05) is 42.8 Å². The van der Waals surface area contributed by atoms with Crippen LogP contribution < -0.4 is 0 Å². The zero-order chi connectivity index (χ0) is 15.7. The summed E-state index contributed by atoms with van der Waals surface area (Å²) in [5, 5.41) is 14.0. The van der Waals surface area contributed by atoms with Crippen LogP contribution >= 0.6 is 0 Å². The highest BCUT2D eigenvalue weighted by Gasteiger charge is 2.25. The van der Waals surface area contributed by atoms with E-state index in [-0.39, 0.29) is 12.0 Å². The number of aryl methyl sites for hydroxylation is 2. The van der Waals surface area contributed by atoms with Gasteiger partial charge in [-0.3, -0.25) is 9.48 Å². The molecule has 0 unspecified atom stereocenters. The van der Waals surface area contributed by atoms with E-state index in [0.29, 0.717) is 31.6 Å². The first kappa shape index (κ1) is 14.8. The molecular formula is C17H21N3O2. The number of carbonyl (C=O) groups excluding carboxylic acids is 1. The Hall–Kier alpha value is -2.14. The molecule has 1 aromatic heterocycles. The molecule has 1 atom stereocenters. The summed E-state index contributed by atoms with van der Waals surface area (Å²) in [5.41, 5.74) is 3.93. The van der Waals surface area contributed by atoms with Crippen LogP contribution in [0, 0.1) is 13.8 Å². The zero-order valence-corrected chi connectivity index (χ0v) is 13.0. The molecule has 5 heteroatoms. The number of rotatable bonds is 3. The molecule has 1 aliphatic heterocycles. The third-order valence-electron chi connectivity index (χ3n) is 4.09. The lowest BCUT2D eigenvalue weighted by atomic mass is 10.1. The van der Waals surface area contributed by atoms with Crippen LogP contribution in [0.1, 0.15) is 33.7 Å². The molecule has 116 valence electrons. The van der Waals surface area contributed by atoms with E-state index >= 15 is 0 Å². The molecule has 1 aliphatic rings. The second-order valence-electron chi connectivity index (χ2n) is 5.98. The average Bonchev–Trinajstić information content (AvgIpc) is 3.05. The molecule has 1 aromatic carbocycles. The number of aromatic nitrogens is 2. The number of amides is 1. The van der Waals surface area contributed by atoms with Gasteiger partial charge in [-0.05, 0) is 44.0 Å². The van der Waals surface area contributed by atoms with Crippen molar-refractivity contribution in [3.8, 4) is 0 Å². The van der Waals surface area contributed by atoms with Crippen molar-refractivity contribution in [2.75, 3.05) is 13.1 Å². The molecule has 1 N–H and O–H groups in total. The molecule has 0 bridgehead atoms. The van der Waals surface area contributed by atoms with E-state index in [2.05, 4.69) is 11.2 Å². The first-order valence-corrected chi connectivity index (χ1v) is 7.60. The molecule has 0 saturated carbocycles. The van der Waals surface area contributed by atoms with Crippen LogP contribution in [0.15, 0.2) is 30.3 Å². The molecule has 1 saturated heterocycles. The number of hydrogen-bond donors (Lipinski definition) is 1. The number of likely N-dealkylation sites (tertiary alicyclic amines) is 1. The van der Waals surface area contributed by atoms with Gasteiger partial charge in [0, 0.05) is 24.3 Å². The third kappa shape index (κ3) is 3.04. The summed E-state index contributed by atoms with van der Waals surface area (Å²) in [4.78, 5) is 14.0. The fourth-order valence-corrected chi connectivity index (χ4v) is 2.87. The lowest BCUT2D eigenvalue weighted by Crippen LogP contribution is -2.29. The van der Waals surface area contributed by atoms with E-state index < -0.39 is 0 Å². The largest absolute Gasteiger partial charge is 0.391 e. The Labute approximate surface area is 130 Å². The molecule has 2 heterocycles. The highest BCUT2D eigenvalue weighted by Crippen LogP contribution is 2.15. The van der Waals surface area contributed by atoms with E-state index in [1.165, 1.54) is 0 Å². The number of hydrogen-bond acceptors (Lipinski definition) is 3. The second kappa shape index (κ2) is 5.93. The lowest BCUT2D eigenvalue weighted by Gasteiger charge is -2.15. The SMILES string of the molecule is Cc1cc(C)n(Cc2ccc(C(=O)N3CC[C@H](O)C3)cc2)n1. The Balaban J connectivity index is 1.70. The topological polar surface area (TPSA) is 58.4 Å². The summed E-state index contributed by atoms with van der Waals surface area (Å²) in [5.74, 6) is -0.00536. The van der Waals surface area contributed by atoms with Crippen molar-refractivity contribution in [3.05, 3.63) is 52.8 Å². The summed E-state index contributed by atoms with van der Waals surface area (Å²) in [6, 6.07) is 9.70. The minimum absolute atomic E-state index is 0.00536. The summed E-state index contributed by atoms with van der Waals surface area (Å²) >= 11 is 0. The van der Waals surface area contributed by atoms with E-state index in [4.69, 9.17) is 0 Å². The van der Waals surface area contributed by atoms with Crippen molar-refractivity contribution in [2.45, 2.75) is 32.9 Å². The quantitative estimate of drug-likeness (QED) is 0.939. The van der Waals surface area contributed by atoms with Crippen LogP contribution in [0.5, 0.6) is 0 Å². The Kier molecular flexibility index (Phi) is 3.98. The van der Waals surface area contributed by atoms with Gasteiger partial charge in [0.05, 0.1) is 18.3 Å². The van der Waals surface area contributed by atoms with Crippen LogP contribution in [0.4, 0.5) is 0 Å². The Bertz CT molecular complexity index is 676. The first-order valence-electron chi connectivity index (χ1n) is 7.60. The van der Waals surface area contributed by atoms with Gasteiger partial charge in [-0.15, -0.1) is 0 Å². The number of aliphatic hydroxyl groups is 1. The maximum atomic E-state index is 12.3. The first-order chi connectivity index (χ1) is 10.5. The fourth-order valence-electron chi connectivity index (χ4n) is 2.87. The molecule has 3 rings (SSSR count). The number of benzene rings is 1. The van der Waals surface area contributed by atoms with Crippen molar-refractivity contribution < 1.29 is 9.90 Å². The predicted molar refractivity (Wildman–Crippen MR) is 83.8 cm³/mol. The highest BCUT2D eigenvalue weighted by molar-refractivity contribution is 5.94. The maximum Gasteiger partial charge on any atom is 0.253 e. The Morgan fingerprint density at radius 2 is 2.05 bits per heavy atom. The molecule has 1 fully saturated rings. The molecule has 0 aliphatic carbocycles. The van der Waals surface area contributed by atoms with E-state index in [0.717, 1.165) is 17.0 Å². The average molecular weight is 299 g/mol. The smallest absolute Gasteiger partial charge is 0.253 e. The maximum absolute atomic E-state index is 12.3. The van der Waals surface area contributed by atoms with Crippen LogP contribution in [-0.2, 0) is 6.54 Å². The standard InChI is InChI=1S/C17H21N3O2/c1-12-9-13(2)20(18-12)10-14-3-5-15(6-4-14)17(22)19-8-7-16(21)11-19/h3-6,9,16,21H,7-8,10-11H2,1-2H3/t16-/m0/s1. The fraction of sp³-hybridized carbons (Fsp3) is 0.412. The Morgan fingerprint density at radius 3 is 2.59 bits per heavy atom. The van der Waals surface area contributed by atoms with E-state index in [1.54, 1.807) is 4.90 Å². The van der Waals surface area contributed by atoms with Crippen molar-refractivity contribution in [1.82, 2.24) is 14.7 Å². The third-order valence-corrected chi connectivity index (χ3v) is 4.09. The summed E-state index contributed by atoms with van der Waals surface area (Å²) in [6.45, 7) is 5.79. The molecule has 2 aromatic rings. The van der Waals surface area contributed by atoms with Crippen molar-refractivity contribution >= 4 is 5.91 Å². The monoisotopic (exact) mass is 299 g/mol. The number of carbonyl (C=O) groups is 1. The van der Waals surface area contributed by atoms with Crippen LogP contribution in [0.2, 0.25) is 0 Å². The van der Waals surface area contributed by atoms with Gasteiger partial charge in [-0.1, -0.05) is 12.1 Å². The van der Waals surface area contributed by atoms with Crippen LogP contribution in [-0.4, -0.2) is 44.9 Å². The van der Waals surface area contributed by atoms with Gasteiger partial charge < -0.3 is 10.0 Å². The van der Waals surface area contributed by atoms with Gasteiger partial charge in [-0.2, -0.15) is 5.10 Å². The molecule has 0 spiro atoms. The van der Waals surface area contributed by atoms with Crippen LogP contribution in [0.25, 0.3) is 0 Å². The number of aliphatic hydroxyl groups excluding tert-OH is 1. The molecule has 22 heavy (non-hydrogen) atoms. The van der Waals surface area contributed by atoms with Gasteiger partial charge in [0.2, 0.25) is 0 Å². The van der Waals surface area contributed by atoms with E-state index in [9.17, 15) is 9.90 Å². The zero-order valence-electron chi connectivity index (χ0n) is 13.0. The number of β-amino-alcohol motifs (C(OH)–C–C–N with tert-alkyl or cyclic N) is 1. The predicted octanol–water partition coefficient (Wildman–Crippen LogP) is 1.76. The lowest BCUT2D eigenvalue weighted by molar-refractivity contribution is 0.0765. The normalized spacial score (nSPS) is 18.0. The van der Waals surface area contributed by atoms with Gasteiger partial charge in [-0.25, -0.2) is 0 Å². The van der Waals surface area contributed by atoms with Crippen molar-refractivity contribution in [1.29, 1.82) is 0 Å². The Morgan fingerprint density at radius 1 is 1.32 bits per heavy atom. The highest BCUT2D eigenvalue weighted by atomic mass is 16.3. The summed E-state index contributed by atoms with van der Waals surface area (Å²) in [7, 11) is 0. The van der Waals surface area contributed by atoms with Gasteiger partial charge in [0.1, 0.15) is 0 Å². The van der Waals surface area contributed by atoms with Crippen LogP contribution in [0.3, 0.4) is 0 Å². The minimum atomic E-state index is -0.380. The second-order valence-corrected chi connectivity index (χ2v) is 5.98. The molecule has 1 amide bonds. The molecular weight excluding hydrogens is 278 g/mol. The molecule has 0 radical (unpaired) electrons. The van der Waals surface area contributed by atoms with Crippen molar-refractivity contribution in [3.63, 3.8) is 0 Å². The summed E-state index contributed by atoms with van der Waals surface area (Å²) < 4.78 is 1.96. The van der Waals surface area contributed by atoms with Gasteiger partial charge >= 0.3 is 0 Å². The van der Waals surface area contributed by atoms with Crippen molar-refractivity contribution in [2.24, 2.45) is 0 Å². The summed E-state index contributed by atoms with van der Waals surface area (Å²) in [6.07, 6.45) is 0.288. The van der Waals surface area contributed by atoms with Gasteiger partial charge in [0.15, 0.2) is 0 Å². The van der Waals surface area contributed by atoms with Gasteiger partial charge in [0.25, 0.3) is 5.91 Å².